The molecule has 0 saturated carbocycles. The Bertz CT molecular complexity index is 927. The van der Waals surface area contributed by atoms with Crippen LogP contribution >= 0.6 is 0 Å². The molecule has 0 bridgehead atoms. The van der Waals surface area contributed by atoms with E-state index in [2.05, 4.69) is 83.1 Å². The van der Waals surface area contributed by atoms with E-state index >= 15 is 0 Å². The maximum absolute atomic E-state index is 6.18. The number of fused-ring (bicyclic) bond motifs is 3. The van der Waals surface area contributed by atoms with E-state index in [4.69, 9.17) is 9.31 Å². The monoisotopic (exact) mass is 318 g/mol. The van der Waals surface area contributed by atoms with Crippen LogP contribution in [0.25, 0.3) is 21.5 Å². The van der Waals surface area contributed by atoms with E-state index in [9.17, 15) is 0 Å². The Morgan fingerprint density at radius 1 is 0.708 bits per heavy atom. The molecule has 3 heteroatoms. The molecule has 1 aliphatic rings. The van der Waals surface area contributed by atoms with E-state index in [1.807, 2.05) is 0 Å². The SMILES string of the molecule is Cc1ccc2c(ccc3cc(B4OC(C)(C)C(C)(C)O4)ccc32)c1. The average Bonchev–Trinajstić information content (AvgIpc) is 2.74. The van der Waals surface area contributed by atoms with Crippen LogP contribution in [0.3, 0.4) is 0 Å². The summed E-state index contributed by atoms with van der Waals surface area (Å²) in [6, 6.07) is 17.5. The van der Waals surface area contributed by atoms with Gasteiger partial charge in [-0.25, -0.2) is 0 Å². The molecule has 0 atom stereocenters. The van der Waals surface area contributed by atoms with Crippen LogP contribution in [0.5, 0.6) is 0 Å². The fourth-order valence-corrected chi connectivity index (χ4v) is 3.34. The Morgan fingerprint density at radius 2 is 1.25 bits per heavy atom. The minimum Gasteiger partial charge on any atom is -0.399 e. The molecule has 1 fully saturated rings. The van der Waals surface area contributed by atoms with Gasteiger partial charge in [0.15, 0.2) is 0 Å². The van der Waals surface area contributed by atoms with Crippen molar-refractivity contribution >= 4 is 34.1 Å². The van der Waals surface area contributed by atoms with Crippen LogP contribution in [0.4, 0.5) is 0 Å². The van der Waals surface area contributed by atoms with Gasteiger partial charge in [-0.3, -0.25) is 0 Å². The van der Waals surface area contributed by atoms with Crippen LogP contribution in [-0.4, -0.2) is 18.3 Å². The zero-order valence-electron chi connectivity index (χ0n) is 15.0. The highest BCUT2D eigenvalue weighted by Gasteiger charge is 2.51. The smallest absolute Gasteiger partial charge is 0.399 e. The molecule has 0 spiro atoms. The van der Waals surface area contributed by atoms with Crippen LogP contribution < -0.4 is 5.46 Å². The van der Waals surface area contributed by atoms with Gasteiger partial charge in [0.25, 0.3) is 0 Å². The molecular formula is C21H23BO2. The molecule has 0 N–H and O–H groups in total. The van der Waals surface area contributed by atoms with E-state index < -0.39 is 0 Å². The third-order valence-corrected chi connectivity index (χ3v) is 5.54. The van der Waals surface area contributed by atoms with Crippen molar-refractivity contribution in [2.75, 3.05) is 0 Å². The summed E-state index contributed by atoms with van der Waals surface area (Å²) in [5.41, 5.74) is 1.74. The van der Waals surface area contributed by atoms with Gasteiger partial charge in [0.2, 0.25) is 0 Å². The lowest BCUT2D eigenvalue weighted by atomic mass is 9.78. The van der Waals surface area contributed by atoms with Gasteiger partial charge in [-0.15, -0.1) is 0 Å². The first-order valence-corrected chi connectivity index (χ1v) is 8.56. The van der Waals surface area contributed by atoms with Gasteiger partial charge >= 0.3 is 7.12 Å². The van der Waals surface area contributed by atoms with E-state index in [0.717, 1.165) is 5.46 Å². The maximum Gasteiger partial charge on any atom is 0.494 e. The highest BCUT2D eigenvalue weighted by Crippen LogP contribution is 2.36. The fraction of sp³-hybridized carbons (Fsp3) is 0.333. The summed E-state index contributed by atoms with van der Waals surface area (Å²) in [6.07, 6.45) is 0. The van der Waals surface area contributed by atoms with Gasteiger partial charge in [0.05, 0.1) is 11.2 Å². The van der Waals surface area contributed by atoms with Crippen LogP contribution in [0.1, 0.15) is 33.3 Å². The minimum absolute atomic E-state index is 0.312. The summed E-state index contributed by atoms with van der Waals surface area (Å²) in [5.74, 6) is 0. The molecule has 0 aliphatic carbocycles. The molecule has 24 heavy (non-hydrogen) atoms. The molecule has 1 saturated heterocycles. The Labute approximate surface area is 143 Å². The molecule has 1 aliphatic heterocycles. The van der Waals surface area contributed by atoms with E-state index in [0.29, 0.717) is 0 Å². The molecule has 4 rings (SSSR count). The van der Waals surface area contributed by atoms with Gasteiger partial charge in [-0.1, -0.05) is 54.1 Å². The van der Waals surface area contributed by atoms with Crippen molar-refractivity contribution in [1.82, 2.24) is 0 Å². The molecule has 0 amide bonds. The summed E-state index contributed by atoms with van der Waals surface area (Å²) >= 11 is 0. The Hall–Kier alpha value is -1.84. The molecular weight excluding hydrogens is 295 g/mol. The van der Waals surface area contributed by atoms with Gasteiger partial charge in [-0.2, -0.15) is 0 Å². The van der Waals surface area contributed by atoms with Crippen molar-refractivity contribution in [1.29, 1.82) is 0 Å². The normalized spacial score (nSPS) is 19.3. The van der Waals surface area contributed by atoms with Gasteiger partial charge in [0.1, 0.15) is 0 Å². The van der Waals surface area contributed by atoms with E-state index in [-0.39, 0.29) is 18.3 Å². The molecule has 3 aromatic rings. The Morgan fingerprint density at radius 3 is 1.88 bits per heavy atom. The number of benzene rings is 3. The summed E-state index contributed by atoms with van der Waals surface area (Å²) in [4.78, 5) is 0. The zero-order chi connectivity index (χ0) is 17.1. The second kappa shape index (κ2) is 5.08. The molecule has 3 aromatic carbocycles. The Kier molecular flexibility index (Phi) is 3.32. The zero-order valence-corrected chi connectivity index (χ0v) is 15.0. The topological polar surface area (TPSA) is 18.5 Å². The second-order valence-electron chi connectivity index (χ2n) is 7.86. The molecule has 1 heterocycles. The van der Waals surface area contributed by atoms with Gasteiger partial charge in [0, 0.05) is 0 Å². The first kappa shape index (κ1) is 15.7. The number of hydrogen-bond donors (Lipinski definition) is 0. The third-order valence-electron chi connectivity index (χ3n) is 5.54. The predicted molar refractivity (Wildman–Crippen MR) is 102 cm³/mol. The molecule has 0 aromatic heterocycles. The first-order valence-electron chi connectivity index (χ1n) is 8.56. The van der Waals surface area contributed by atoms with E-state index in [1.165, 1.54) is 27.1 Å². The lowest BCUT2D eigenvalue weighted by Crippen LogP contribution is -2.41. The lowest BCUT2D eigenvalue weighted by molar-refractivity contribution is 0.00578. The van der Waals surface area contributed by atoms with Crippen molar-refractivity contribution in [3.05, 3.63) is 54.1 Å². The van der Waals surface area contributed by atoms with Gasteiger partial charge < -0.3 is 9.31 Å². The van der Waals surface area contributed by atoms with Crippen LogP contribution in [-0.2, 0) is 9.31 Å². The maximum atomic E-state index is 6.18. The number of aryl methyl sites for hydroxylation is 1. The first-order chi connectivity index (χ1) is 11.3. The number of rotatable bonds is 1. The summed E-state index contributed by atoms with van der Waals surface area (Å²) < 4.78 is 12.4. The molecule has 0 radical (unpaired) electrons. The summed E-state index contributed by atoms with van der Waals surface area (Å²) in [7, 11) is -0.312. The van der Waals surface area contributed by atoms with Crippen molar-refractivity contribution in [3.8, 4) is 0 Å². The standard InChI is InChI=1S/C21H23BO2/c1-14-6-10-18-15(12-14)7-8-16-13-17(9-11-19(16)18)22-23-20(2,3)21(4,5)24-22/h6-13H,1-5H3. The third kappa shape index (κ3) is 2.35. The van der Waals surface area contributed by atoms with Crippen molar-refractivity contribution < 1.29 is 9.31 Å². The molecule has 0 unspecified atom stereocenters. The quantitative estimate of drug-likeness (QED) is 0.482. The highest BCUT2D eigenvalue weighted by atomic mass is 16.7. The van der Waals surface area contributed by atoms with Crippen LogP contribution in [0, 0.1) is 6.92 Å². The lowest BCUT2D eigenvalue weighted by Gasteiger charge is -2.32. The van der Waals surface area contributed by atoms with Crippen LogP contribution in [0.15, 0.2) is 48.5 Å². The minimum atomic E-state index is -0.312. The molecule has 122 valence electrons. The Balaban J connectivity index is 1.80. The average molecular weight is 318 g/mol. The van der Waals surface area contributed by atoms with Gasteiger partial charge in [-0.05, 0) is 61.6 Å². The second-order valence-corrected chi connectivity index (χ2v) is 7.86. The van der Waals surface area contributed by atoms with Crippen molar-refractivity contribution in [2.45, 2.75) is 45.8 Å². The fourth-order valence-electron chi connectivity index (χ4n) is 3.34. The van der Waals surface area contributed by atoms with Crippen molar-refractivity contribution in [2.24, 2.45) is 0 Å². The predicted octanol–water partition coefficient (Wildman–Crippen LogP) is 4.60. The number of hydrogen-bond acceptors (Lipinski definition) is 2. The molecule has 2 nitrogen and oxygen atoms in total. The highest BCUT2D eigenvalue weighted by molar-refractivity contribution is 6.62. The largest absolute Gasteiger partial charge is 0.494 e. The van der Waals surface area contributed by atoms with E-state index in [1.54, 1.807) is 0 Å². The van der Waals surface area contributed by atoms with Crippen LogP contribution in [0.2, 0.25) is 0 Å². The van der Waals surface area contributed by atoms with Crippen molar-refractivity contribution in [3.63, 3.8) is 0 Å². The summed E-state index contributed by atoms with van der Waals surface area (Å²) in [5, 5.41) is 5.07. The summed E-state index contributed by atoms with van der Waals surface area (Å²) in [6.45, 7) is 10.5.